The standard InChI is InChI=1S/C19H20N2O6S/c1-4-25-19(24)15-10(2)14-17(23)20-16(21-18(14)28-15)11(3)27-13(22)8-7-12-6-5-9-26-12/h5-6,9,11H,4,7-8H2,1-3H3,(H,20,21,23)/t11-/m0/s1. The number of H-pyrrole nitrogens is 1. The van der Waals surface area contributed by atoms with Crippen LogP contribution in [0.2, 0.25) is 0 Å². The lowest BCUT2D eigenvalue weighted by molar-refractivity contribution is -0.149. The van der Waals surface area contributed by atoms with E-state index in [0.29, 0.717) is 32.8 Å². The van der Waals surface area contributed by atoms with Crippen LogP contribution in [0.15, 0.2) is 27.6 Å². The summed E-state index contributed by atoms with van der Waals surface area (Å²) in [5.74, 6) is 0.00110. The Morgan fingerprint density at radius 1 is 1.39 bits per heavy atom. The van der Waals surface area contributed by atoms with Crippen molar-refractivity contribution in [3.8, 4) is 0 Å². The molecule has 0 saturated carbocycles. The van der Waals surface area contributed by atoms with Crippen molar-refractivity contribution >= 4 is 33.5 Å². The van der Waals surface area contributed by atoms with Crippen LogP contribution in [0.25, 0.3) is 10.2 Å². The van der Waals surface area contributed by atoms with Crippen molar-refractivity contribution in [3.63, 3.8) is 0 Å². The van der Waals surface area contributed by atoms with E-state index in [1.165, 1.54) is 0 Å². The minimum Gasteiger partial charge on any atom is -0.469 e. The van der Waals surface area contributed by atoms with Crippen molar-refractivity contribution in [2.45, 2.75) is 39.7 Å². The van der Waals surface area contributed by atoms with E-state index in [9.17, 15) is 14.4 Å². The molecule has 1 N–H and O–H groups in total. The Labute approximate surface area is 164 Å². The van der Waals surface area contributed by atoms with E-state index in [1.807, 2.05) is 0 Å². The third kappa shape index (κ3) is 4.14. The van der Waals surface area contributed by atoms with E-state index >= 15 is 0 Å². The van der Waals surface area contributed by atoms with Gasteiger partial charge in [-0.1, -0.05) is 0 Å². The first kappa shape index (κ1) is 19.8. The number of rotatable bonds is 7. The Hall–Kier alpha value is -2.94. The highest BCUT2D eigenvalue weighted by molar-refractivity contribution is 7.20. The molecular weight excluding hydrogens is 384 g/mol. The average molecular weight is 404 g/mol. The molecule has 0 saturated heterocycles. The lowest BCUT2D eigenvalue weighted by Gasteiger charge is -2.12. The van der Waals surface area contributed by atoms with Crippen LogP contribution in [0, 0.1) is 6.92 Å². The summed E-state index contributed by atoms with van der Waals surface area (Å²) >= 11 is 1.09. The minimum atomic E-state index is -0.741. The van der Waals surface area contributed by atoms with Gasteiger partial charge in [-0.3, -0.25) is 9.59 Å². The normalized spacial score (nSPS) is 12.1. The van der Waals surface area contributed by atoms with Crippen molar-refractivity contribution in [1.82, 2.24) is 9.97 Å². The summed E-state index contributed by atoms with van der Waals surface area (Å²) in [6.45, 7) is 5.26. The molecule has 0 aliphatic rings. The number of hydrogen-bond acceptors (Lipinski definition) is 8. The first-order chi connectivity index (χ1) is 13.4. The lowest BCUT2D eigenvalue weighted by atomic mass is 10.2. The summed E-state index contributed by atoms with van der Waals surface area (Å²) in [6.07, 6.45) is 1.37. The highest BCUT2D eigenvalue weighted by Gasteiger charge is 2.22. The molecule has 1 atom stereocenters. The molecule has 0 aliphatic heterocycles. The number of ether oxygens (including phenoxy) is 2. The molecule has 0 aliphatic carbocycles. The zero-order valence-corrected chi connectivity index (χ0v) is 16.6. The number of carbonyl (C=O) groups excluding carboxylic acids is 2. The average Bonchev–Trinajstić information content (AvgIpc) is 3.28. The Balaban J connectivity index is 1.78. The van der Waals surface area contributed by atoms with Crippen molar-refractivity contribution in [1.29, 1.82) is 0 Å². The number of thiophene rings is 1. The van der Waals surface area contributed by atoms with Crippen molar-refractivity contribution in [3.05, 3.63) is 50.8 Å². The Morgan fingerprint density at radius 3 is 2.86 bits per heavy atom. The van der Waals surface area contributed by atoms with Crippen molar-refractivity contribution in [2.75, 3.05) is 6.61 Å². The summed E-state index contributed by atoms with van der Waals surface area (Å²) in [5, 5.41) is 0.341. The quantitative estimate of drug-likeness (QED) is 0.601. The van der Waals surface area contributed by atoms with Crippen LogP contribution >= 0.6 is 11.3 Å². The number of nitrogens with zero attached hydrogens (tertiary/aromatic N) is 1. The van der Waals surface area contributed by atoms with E-state index in [2.05, 4.69) is 9.97 Å². The number of furan rings is 1. The van der Waals surface area contributed by atoms with Gasteiger partial charge in [0.2, 0.25) is 0 Å². The second-order valence-corrected chi connectivity index (χ2v) is 7.12. The van der Waals surface area contributed by atoms with E-state index in [0.717, 1.165) is 11.3 Å². The highest BCUT2D eigenvalue weighted by atomic mass is 32.1. The first-order valence-corrected chi connectivity index (χ1v) is 9.64. The molecule has 9 heteroatoms. The number of aromatic amines is 1. The van der Waals surface area contributed by atoms with Crippen LogP contribution in [-0.2, 0) is 20.7 Å². The first-order valence-electron chi connectivity index (χ1n) is 8.83. The molecule has 28 heavy (non-hydrogen) atoms. The zero-order chi connectivity index (χ0) is 20.3. The lowest BCUT2D eigenvalue weighted by Crippen LogP contribution is -2.17. The maximum Gasteiger partial charge on any atom is 0.348 e. The third-order valence-corrected chi connectivity index (χ3v) is 5.29. The number of aryl methyl sites for hydroxylation is 2. The minimum absolute atomic E-state index is 0.148. The van der Waals surface area contributed by atoms with E-state index < -0.39 is 18.0 Å². The number of aromatic nitrogens is 2. The van der Waals surface area contributed by atoms with Crippen LogP contribution in [0.1, 0.15) is 53.2 Å². The summed E-state index contributed by atoms with van der Waals surface area (Å²) in [7, 11) is 0. The van der Waals surface area contributed by atoms with Gasteiger partial charge in [0.05, 0.1) is 24.7 Å². The third-order valence-electron chi connectivity index (χ3n) is 4.13. The van der Waals surface area contributed by atoms with Gasteiger partial charge in [0.15, 0.2) is 11.9 Å². The molecule has 0 bridgehead atoms. The zero-order valence-electron chi connectivity index (χ0n) is 15.7. The molecule has 3 heterocycles. The van der Waals surface area contributed by atoms with Crippen LogP contribution in [0.5, 0.6) is 0 Å². The summed E-state index contributed by atoms with van der Waals surface area (Å²) in [6, 6.07) is 3.53. The van der Waals surface area contributed by atoms with Gasteiger partial charge in [-0.05, 0) is 38.5 Å². The van der Waals surface area contributed by atoms with E-state index in [4.69, 9.17) is 13.9 Å². The fraction of sp³-hybridized carbons (Fsp3) is 0.368. The molecule has 0 unspecified atom stereocenters. The Morgan fingerprint density at radius 2 is 2.18 bits per heavy atom. The molecule has 3 aromatic rings. The van der Waals surface area contributed by atoms with Crippen LogP contribution in [-0.4, -0.2) is 28.5 Å². The Kier molecular flexibility index (Phi) is 5.93. The largest absolute Gasteiger partial charge is 0.469 e. The van der Waals surface area contributed by atoms with Crippen LogP contribution in [0.3, 0.4) is 0 Å². The summed E-state index contributed by atoms with van der Waals surface area (Å²) < 4.78 is 15.6. The van der Waals surface area contributed by atoms with Crippen molar-refractivity contribution < 1.29 is 23.5 Å². The predicted molar refractivity (Wildman–Crippen MR) is 102 cm³/mol. The van der Waals surface area contributed by atoms with Gasteiger partial charge >= 0.3 is 11.9 Å². The van der Waals surface area contributed by atoms with Gasteiger partial charge in [0, 0.05) is 6.42 Å². The molecule has 0 spiro atoms. The molecule has 0 fully saturated rings. The molecule has 3 aromatic heterocycles. The van der Waals surface area contributed by atoms with Gasteiger partial charge in [-0.25, -0.2) is 9.78 Å². The maximum absolute atomic E-state index is 12.5. The van der Waals surface area contributed by atoms with Gasteiger partial charge in [-0.15, -0.1) is 11.3 Å². The van der Waals surface area contributed by atoms with Crippen LogP contribution < -0.4 is 5.56 Å². The molecule has 0 aromatic carbocycles. The molecular formula is C19H20N2O6S. The number of hydrogen-bond donors (Lipinski definition) is 1. The monoisotopic (exact) mass is 404 g/mol. The number of carbonyl (C=O) groups is 2. The van der Waals surface area contributed by atoms with Gasteiger partial charge in [0.1, 0.15) is 15.5 Å². The molecule has 8 nitrogen and oxygen atoms in total. The molecule has 3 rings (SSSR count). The number of nitrogens with one attached hydrogen (secondary N) is 1. The molecule has 0 amide bonds. The second-order valence-electron chi connectivity index (χ2n) is 6.12. The van der Waals surface area contributed by atoms with Gasteiger partial charge < -0.3 is 18.9 Å². The molecule has 148 valence electrons. The number of fused-ring (bicyclic) bond motifs is 1. The smallest absolute Gasteiger partial charge is 0.348 e. The fourth-order valence-electron chi connectivity index (χ4n) is 2.74. The predicted octanol–water partition coefficient (Wildman–Crippen LogP) is 3.30. The SMILES string of the molecule is CCOC(=O)c1sc2nc([C@H](C)OC(=O)CCc3ccco3)[nH]c(=O)c2c1C. The number of esters is 2. The van der Waals surface area contributed by atoms with E-state index in [1.54, 1.807) is 39.2 Å². The second kappa shape index (κ2) is 8.39. The van der Waals surface area contributed by atoms with Gasteiger partial charge in [0.25, 0.3) is 5.56 Å². The highest BCUT2D eigenvalue weighted by Crippen LogP contribution is 2.28. The molecule has 0 radical (unpaired) electrons. The summed E-state index contributed by atoms with van der Waals surface area (Å²) in [5.41, 5.74) is 0.143. The van der Waals surface area contributed by atoms with Crippen LogP contribution in [0.4, 0.5) is 0 Å². The topological polar surface area (TPSA) is 111 Å². The Bertz CT molecular complexity index is 1050. The van der Waals surface area contributed by atoms with Gasteiger partial charge in [-0.2, -0.15) is 0 Å². The summed E-state index contributed by atoms with van der Waals surface area (Å²) in [4.78, 5) is 44.4. The maximum atomic E-state index is 12.5. The fourth-order valence-corrected chi connectivity index (χ4v) is 3.82. The van der Waals surface area contributed by atoms with E-state index in [-0.39, 0.29) is 24.4 Å². The van der Waals surface area contributed by atoms with Crippen molar-refractivity contribution in [2.24, 2.45) is 0 Å².